The van der Waals surface area contributed by atoms with E-state index in [1.54, 1.807) is 6.20 Å². The van der Waals surface area contributed by atoms with Gasteiger partial charge in [0.25, 0.3) is 0 Å². The number of rotatable bonds is 4. The molecule has 3 rings (SSSR count). The summed E-state index contributed by atoms with van der Waals surface area (Å²) in [5.41, 5.74) is 4.06. The zero-order valence-electron chi connectivity index (χ0n) is 16.5. The van der Waals surface area contributed by atoms with Crippen LogP contribution in [0.15, 0.2) is 6.20 Å². The maximum atomic E-state index is 13.1. The minimum absolute atomic E-state index is 0.159. The van der Waals surface area contributed by atoms with Crippen molar-refractivity contribution in [3.05, 3.63) is 17.7 Å². The topological polar surface area (TPSA) is 101 Å². The normalized spacial score (nSPS) is 24.8. The van der Waals surface area contributed by atoms with Gasteiger partial charge in [0.15, 0.2) is 0 Å². The van der Waals surface area contributed by atoms with Crippen LogP contribution in [0, 0.1) is 23.3 Å². The van der Waals surface area contributed by atoms with E-state index >= 15 is 0 Å². The Labute approximate surface area is 160 Å². The van der Waals surface area contributed by atoms with Gasteiger partial charge in [0, 0.05) is 6.04 Å². The number of imidazole rings is 1. The number of carboxylic acid groups (broad SMARTS) is 1. The standard InChI is InChI=1S/C19H28N4O3Si/c1-11(2)16(22-19(25)26)18(24)23-14-8-12(14)9-15(23)17-20-10-13(21-17)6-7-27(3,4)5/h10-12,14-16,22H,8-9H2,1-5H3,(H,20,21)(H,25,26)/p-1/t12-,14-,15+,16+/m1/s1. The van der Waals surface area contributed by atoms with Gasteiger partial charge in [0.1, 0.15) is 31.7 Å². The van der Waals surface area contributed by atoms with Gasteiger partial charge in [0.05, 0.1) is 12.2 Å². The van der Waals surface area contributed by atoms with E-state index in [1.165, 1.54) is 0 Å². The minimum atomic E-state index is -1.48. The van der Waals surface area contributed by atoms with E-state index in [9.17, 15) is 14.7 Å². The Kier molecular flexibility index (Phi) is 5.08. The highest BCUT2D eigenvalue weighted by atomic mass is 28.3. The van der Waals surface area contributed by atoms with Crippen LogP contribution >= 0.6 is 0 Å². The molecule has 2 fully saturated rings. The first-order valence-electron chi connectivity index (χ1n) is 9.44. The lowest BCUT2D eigenvalue weighted by atomic mass is 10.0. The van der Waals surface area contributed by atoms with E-state index in [1.807, 2.05) is 18.7 Å². The number of carbonyl (C=O) groups excluding carboxylic acids is 2. The van der Waals surface area contributed by atoms with Crippen molar-refractivity contribution < 1.29 is 14.7 Å². The lowest BCUT2D eigenvalue weighted by Crippen LogP contribution is -2.54. The highest BCUT2D eigenvalue weighted by Gasteiger charge is 2.56. The van der Waals surface area contributed by atoms with Gasteiger partial charge in [-0.1, -0.05) is 39.4 Å². The number of H-pyrrole nitrogens is 1. The van der Waals surface area contributed by atoms with Crippen molar-refractivity contribution in [3.63, 3.8) is 0 Å². The van der Waals surface area contributed by atoms with Gasteiger partial charge in [-0.3, -0.25) is 4.79 Å². The highest BCUT2D eigenvalue weighted by molar-refractivity contribution is 6.83. The first-order chi connectivity index (χ1) is 12.6. The number of nitrogens with zero attached hydrogens (tertiary/aromatic N) is 2. The molecule has 1 aliphatic heterocycles. The zero-order valence-corrected chi connectivity index (χ0v) is 17.5. The molecule has 146 valence electrons. The maximum Gasteiger partial charge on any atom is 0.246 e. The third kappa shape index (κ3) is 4.35. The molecule has 0 unspecified atom stereocenters. The average Bonchev–Trinajstić information content (AvgIpc) is 3.01. The fourth-order valence-corrected chi connectivity index (χ4v) is 4.15. The smallest absolute Gasteiger partial charge is 0.246 e. The fraction of sp³-hybridized carbons (Fsp3) is 0.632. The molecule has 1 saturated carbocycles. The average molecular weight is 388 g/mol. The van der Waals surface area contributed by atoms with Crippen LogP contribution in [-0.2, 0) is 4.79 Å². The van der Waals surface area contributed by atoms with Crippen LogP contribution in [0.1, 0.15) is 44.2 Å². The largest absolute Gasteiger partial charge is 0.530 e. The molecule has 2 heterocycles. The lowest BCUT2D eigenvalue weighted by molar-refractivity contribution is -0.252. The summed E-state index contributed by atoms with van der Waals surface area (Å²) in [5, 5.41) is 13.3. The van der Waals surface area contributed by atoms with Gasteiger partial charge >= 0.3 is 0 Å². The molecule has 1 aromatic heterocycles. The van der Waals surface area contributed by atoms with Crippen molar-refractivity contribution in [2.45, 2.75) is 64.5 Å². The Balaban J connectivity index is 1.82. The van der Waals surface area contributed by atoms with Crippen molar-refractivity contribution in [3.8, 4) is 11.5 Å². The molecule has 7 nitrogen and oxygen atoms in total. The predicted molar refractivity (Wildman–Crippen MR) is 102 cm³/mol. The summed E-state index contributed by atoms with van der Waals surface area (Å²) < 4.78 is 0. The quantitative estimate of drug-likeness (QED) is 0.600. The van der Waals surface area contributed by atoms with Crippen molar-refractivity contribution >= 4 is 20.1 Å². The van der Waals surface area contributed by atoms with Crippen LogP contribution < -0.4 is 10.4 Å². The molecule has 1 aromatic rings. The number of hydrogen-bond acceptors (Lipinski definition) is 4. The number of fused-ring (bicyclic) bond motifs is 1. The van der Waals surface area contributed by atoms with Gasteiger partial charge in [-0.05, 0) is 24.7 Å². The number of hydrogen-bond donors (Lipinski definition) is 2. The lowest BCUT2D eigenvalue weighted by Gasteiger charge is -2.32. The summed E-state index contributed by atoms with van der Waals surface area (Å²) >= 11 is 0. The molecule has 2 aliphatic rings. The minimum Gasteiger partial charge on any atom is -0.530 e. The summed E-state index contributed by atoms with van der Waals surface area (Å²) in [6, 6.07) is -0.791. The third-order valence-electron chi connectivity index (χ3n) is 5.05. The predicted octanol–water partition coefficient (Wildman–Crippen LogP) is 1.26. The number of amides is 2. The van der Waals surface area contributed by atoms with E-state index in [2.05, 4.69) is 46.4 Å². The second-order valence-corrected chi connectivity index (χ2v) is 13.6. The molecule has 4 atom stereocenters. The van der Waals surface area contributed by atoms with E-state index < -0.39 is 20.2 Å². The molecular formula is C19H27N4O3Si-. The summed E-state index contributed by atoms with van der Waals surface area (Å²) in [4.78, 5) is 33.7. The number of carbonyl (C=O) groups is 2. The second kappa shape index (κ2) is 7.04. The molecule has 27 heavy (non-hydrogen) atoms. The number of likely N-dealkylation sites (tertiary alicyclic amines) is 1. The Hall–Kier alpha value is -2.27. The van der Waals surface area contributed by atoms with Gasteiger partial charge in [-0.25, -0.2) is 4.98 Å². The summed E-state index contributed by atoms with van der Waals surface area (Å²) in [6.45, 7) is 10.2. The first kappa shape index (κ1) is 19.5. The third-order valence-corrected chi connectivity index (χ3v) is 5.92. The van der Waals surface area contributed by atoms with E-state index in [0.717, 1.165) is 24.4 Å². The van der Waals surface area contributed by atoms with Gasteiger partial charge in [-0.2, -0.15) is 0 Å². The second-order valence-electron chi connectivity index (χ2n) is 8.90. The van der Waals surface area contributed by atoms with Crippen molar-refractivity contribution in [2.75, 3.05) is 0 Å². The number of aromatic amines is 1. The van der Waals surface area contributed by atoms with Crippen LogP contribution in [0.4, 0.5) is 4.79 Å². The molecule has 2 N–H and O–H groups in total. The monoisotopic (exact) mass is 387 g/mol. The molecule has 0 aromatic carbocycles. The van der Waals surface area contributed by atoms with Crippen LogP contribution in [0.3, 0.4) is 0 Å². The summed E-state index contributed by atoms with van der Waals surface area (Å²) in [7, 11) is -1.48. The molecular weight excluding hydrogens is 360 g/mol. The van der Waals surface area contributed by atoms with E-state index in [4.69, 9.17) is 0 Å². The SMILES string of the molecule is CC(C)[C@H](NC(=O)[O-])C(=O)N1[C@@H]2C[C@@H]2C[C@H]1c1ncc(C#C[Si](C)(C)C)[nH]1. The van der Waals surface area contributed by atoms with Crippen molar-refractivity contribution in [2.24, 2.45) is 11.8 Å². The van der Waals surface area contributed by atoms with Crippen molar-refractivity contribution in [1.29, 1.82) is 0 Å². The van der Waals surface area contributed by atoms with Crippen LogP contribution in [-0.4, -0.2) is 47.0 Å². The molecule has 1 aliphatic carbocycles. The number of aromatic nitrogens is 2. The zero-order chi connectivity index (χ0) is 19.9. The van der Waals surface area contributed by atoms with Gasteiger partial charge < -0.3 is 25.1 Å². The molecule has 1 saturated heterocycles. The Bertz CT molecular complexity index is 802. The number of nitrogens with one attached hydrogen (secondary N) is 2. The molecule has 8 heteroatoms. The molecule has 0 radical (unpaired) electrons. The Morgan fingerprint density at radius 1 is 1.37 bits per heavy atom. The molecule has 0 spiro atoms. The van der Waals surface area contributed by atoms with E-state index in [-0.39, 0.29) is 23.9 Å². The maximum absolute atomic E-state index is 13.1. The summed E-state index contributed by atoms with van der Waals surface area (Å²) in [6.07, 6.45) is 2.11. The highest BCUT2D eigenvalue weighted by Crippen LogP contribution is 2.53. The Morgan fingerprint density at radius 3 is 2.67 bits per heavy atom. The van der Waals surface area contributed by atoms with Crippen molar-refractivity contribution in [1.82, 2.24) is 20.2 Å². The van der Waals surface area contributed by atoms with Crippen LogP contribution in [0.5, 0.6) is 0 Å². The van der Waals surface area contributed by atoms with Crippen LogP contribution in [0.25, 0.3) is 0 Å². The van der Waals surface area contributed by atoms with Gasteiger partial charge in [-0.15, -0.1) is 5.54 Å². The molecule has 2 amide bonds. The fourth-order valence-electron chi connectivity index (χ4n) is 3.64. The Morgan fingerprint density at radius 2 is 2.07 bits per heavy atom. The number of piperidine rings is 1. The van der Waals surface area contributed by atoms with E-state index in [0.29, 0.717) is 5.92 Å². The van der Waals surface area contributed by atoms with Gasteiger partial charge in [0.2, 0.25) is 5.91 Å². The summed E-state index contributed by atoms with van der Waals surface area (Å²) in [5.74, 6) is 3.99. The first-order valence-corrected chi connectivity index (χ1v) is 12.9. The molecule has 0 bridgehead atoms. The van der Waals surface area contributed by atoms with Crippen LogP contribution in [0.2, 0.25) is 19.6 Å².